The summed E-state index contributed by atoms with van der Waals surface area (Å²) in [7, 11) is -0.476. The number of nitrogens with zero attached hydrogens (tertiary/aromatic N) is 1. The second-order valence-electron chi connectivity index (χ2n) is 10.8. The number of pyridine rings is 1. The molecule has 36 heavy (non-hydrogen) atoms. The molecule has 5 heteroatoms. The molecule has 0 saturated carbocycles. The number of benzene rings is 4. The van der Waals surface area contributed by atoms with Gasteiger partial charge in [0.2, 0.25) is 0 Å². The van der Waals surface area contributed by atoms with Crippen LogP contribution in [0.15, 0.2) is 89.7 Å². The van der Waals surface area contributed by atoms with E-state index in [0.29, 0.717) is 5.39 Å². The van der Waals surface area contributed by atoms with Crippen molar-refractivity contribution < 1.29 is 9.31 Å². The van der Waals surface area contributed by atoms with Gasteiger partial charge in [0, 0.05) is 21.5 Å². The lowest BCUT2D eigenvalue weighted by atomic mass is 9.78. The summed E-state index contributed by atoms with van der Waals surface area (Å²) in [6.07, 6.45) is 0. The van der Waals surface area contributed by atoms with Crippen LogP contribution in [0.25, 0.3) is 49.1 Å². The Hall–Kier alpha value is -3.67. The molecular formula is C31H26BNO3. The number of rotatable bonds is 2. The molecule has 1 saturated heterocycles. The Morgan fingerprint density at radius 2 is 1.33 bits per heavy atom. The summed E-state index contributed by atoms with van der Waals surface area (Å²) in [5.41, 5.74) is 4.26. The molecule has 0 unspecified atom stereocenters. The molecule has 3 heterocycles. The second kappa shape index (κ2) is 7.19. The van der Waals surface area contributed by atoms with Crippen LogP contribution in [-0.2, 0) is 9.31 Å². The van der Waals surface area contributed by atoms with E-state index in [2.05, 4.69) is 82.3 Å². The summed E-state index contributed by atoms with van der Waals surface area (Å²) in [4.78, 5) is 13.9. The molecule has 1 fully saturated rings. The monoisotopic (exact) mass is 471 g/mol. The molecule has 2 aromatic heterocycles. The summed E-state index contributed by atoms with van der Waals surface area (Å²) in [5.74, 6) is 0. The van der Waals surface area contributed by atoms with Crippen LogP contribution in [-0.4, -0.2) is 22.7 Å². The van der Waals surface area contributed by atoms with Crippen molar-refractivity contribution in [1.82, 2.24) is 4.40 Å². The van der Waals surface area contributed by atoms with E-state index in [4.69, 9.17) is 9.31 Å². The van der Waals surface area contributed by atoms with Crippen LogP contribution in [0.3, 0.4) is 0 Å². The van der Waals surface area contributed by atoms with Crippen LogP contribution >= 0.6 is 0 Å². The summed E-state index contributed by atoms with van der Waals surface area (Å²) < 4.78 is 14.5. The van der Waals surface area contributed by atoms with Crippen molar-refractivity contribution in [3.63, 3.8) is 0 Å². The average molecular weight is 471 g/mol. The Morgan fingerprint density at radius 3 is 2.06 bits per heavy atom. The Bertz CT molecular complexity index is 1850. The minimum Gasteiger partial charge on any atom is -0.399 e. The van der Waals surface area contributed by atoms with Crippen LogP contribution < -0.4 is 11.0 Å². The number of hydrogen-bond donors (Lipinski definition) is 0. The summed E-state index contributed by atoms with van der Waals surface area (Å²) in [5, 5.41) is 4.84. The van der Waals surface area contributed by atoms with Gasteiger partial charge in [0.05, 0.1) is 22.2 Å². The first-order valence-corrected chi connectivity index (χ1v) is 12.4. The molecule has 4 nitrogen and oxygen atoms in total. The molecule has 4 aromatic carbocycles. The van der Waals surface area contributed by atoms with Crippen molar-refractivity contribution >= 4 is 50.5 Å². The van der Waals surface area contributed by atoms with Gasteiger partial charge in [-0.3, -0.25) is 9.20 Å². The molecular weight excluding hydrogens is 445 g/mol. The van der Waals surface area contributed by atoms with Gasteiger partial charge in [0.25, 0.3) is 5.56 Å². The quantitative estimate of drug-likeness (QED) is 0.224. The van der Waals surface area contributed by atoms with Crippen molar-refractivity contribution in [3.8, 4) is 11.1 Å². The smallest absolute Gasteiger partial charge is 0.399 e. The van der Waals surface area contributed by atoms with Gasteiger partial charge in [-0.15, -0.1) is 0 Å². The number of hydrogen-bond acceptors (Lipinski definition) is 3. The van der Waals surface area contributed by atoms with Gasteiger partial charge >= 0.3 is 7.12 Å². The van der Waals surface area contributed by atoms with Crippen molar-refractivity contribution in [1.29, 1.82) is 0 Å². The number of fused-ring (bicyclic) bond motifs is 5. The van der Waals surface area contributed by atoms with E-state index in [1.165, 1.54) is 0 Å². The first kappa shape index (κ1) is 21.6. The van der Waals surface area contributed by atoms with Gasteiger partial charge in [-0.25, -0.2) is 0 Å². The van der Waals surface area contributed by atoms with E-state index in [1.807, 2.05) is 34.7 Å². The molecule has 0 aliphatic carbocycles. The van der Waals surface area contributed by atoms with Gasteiger partial charge in [-0.1, -0.05) is 66.7 Å². The molecule has 0 radical (unpaired) electrons. The molecule has 0 amide bonds. The zero-order chi connectivity index (χ0) is 24.8. The highest BCUT2D eigenvalue weighted by molar-refractivity contribution is 6.62. The Morgan fingerprint density at radius 1 is 0.639 bits per heavy atom. The first-order valence-electron chi connectivity index (χ1n) is 12.4. The Balaban J connectivity index is 1.50. The Labute approximate surface area is 209 Å². The predicted octanol–water partition coefficient (Wildman–Crippen LogP) is 6.16. The maximum absolute atomic E-state index is 13.9. The zero-order valence-corrected chi connectivity index (χ0v) is 20.8. The lowest BCUT2D eigenvalue weighted by Crippen LogP contribution is -2.41. The number of para-hydroxylation sites is 1. The highest BCUT2D eigenvalue weighted by Gasteiger charge is 2.51. The number of aromatic nitrogens is 1. The van der Waals surface area contributed by atoms with E-state index in [0.717, 1.165) is 49.2 Å². The van der Waals surface area contributed by atoms with E-state index < -0.39 is 18.3 Å². The fourth-order valence-electron chi connectivity index (χ4n) is 5.52. The maximum Gasteiger partial charge on any atom is 0.494 e. The van der Waals surface area contributed by atoms with Gasteiger partial charge in [-0.05, 0) is 67.9 Å². The SMILES string of the molecule is CC1(C)OB(c2ccc3c(=O)n4c5ccc(-c6ccccc6)cc5c5cccc(c3c2)c54)OC1(C)C. The highest BCUT2D eigenvalue weighted by Crippen LogP contribution is 2.38. The standard InChI is InChI=1S/C31H26BNO3/c1-30(2)31(3,4)36-32(35-30)21-14-15-24-25(18-21)22-11-8-12-23-26-17-20(19-9-6-5-7-10-19)13-16-27(26)33(28(22)23)29(24)34/h5-18H,1-4H3. The molecule has 6 aromatic rings. The van der Waals surface area contributed by atoms with Crippen LogP contribution in [0.2, 0.25) is 0 Å². The third-order valence-corrected chi connectivity index (χ3v) is 8.19. The molecule has 0 N–H and O–H groups in total. The summed E-state index contributed by atoms with van der Waals surface area (Å²) in [6, 6.07) is 29.0. The molecule has 176 valence electrons. The fourth-order valence-corrected chi connectivity index (χ4v) is 5.52. The van der Waals surface area contributed by atoms with Crippen molar-refractivity contribution in [2.45, 2.75) is 38.9 Å². The minimum absolute atomic E-state index is 0.00312. The van der Waals surface area contributed by atoms with Crippen molar-refractivity contribution in [2.24, 2.45) is 0 Å². The first-order chi connectivity index (χ1) is 17.2. The predicted molar refractivity (Wildman–Crippen MR) is 149 cm³/mol. The van der Waals surface area contributed by atoms with E-state index >= 15 is 0 Å². The lowest BCUT2D eigenvalue weighted by molar-refractivity contribution is 0.00578. The summed E-state index contributed by atoms with van der Waals surface area (Å²) in [6.45, 7) is 8.21. The lowest BCUT2D eigenvalue weighted by Gasteiger charge is -2.32. The molecule has 0 spiro atoms. The molecule has 7 rings (SSSR count). The van der Waals surface area contributed by atoms with E-state index in [9.17, 15) is 4.79 Å². The minimum atomic E-state index is -0.476. The molecule has 1 aliphatic rings. The molecule has 0 bridgehead atoms. The molecule has 1 aliphatic heterocycles. The second-order valence-corrected chi connectivity index (χ2v) is 10.8. The largest absolute Gasteiger partial charge is 0.494 e. The van der Waals surface area contributed by atoms with Gasteiger partial charge in [-0.2, -0.15) is 0 Å². The van der Waals surface area contributed by atoms with Crippen LogP contribution in [0.4, 0.5) is 0 Å². The van der Waals surface area contributed by atoms with Crippen molar-refractivity contribution in [3.05, 3.63) is 95.3 Å². The highest BCUT2D eigenvalue weighted by atomic mass is 16.7. The van der Waals surface area contributed by atoms with Gasteiger partial charge in [0.15, 0.2) is 0 Å². The Kier molecular flexibility index (Phi) is 4.31. The topological polar surface area (TPSA) is 39.9 Å². The van der Waals surface area contributed by atoms with E-state index in [1.54, 1.807) is 0 Å². The van der Waals surface area contributed by atoms with Crippen LogP contribution in [0, 0.1) is 0 Å². The van der Waals surface area contributed by atoms with Crippen LogP contribution in [0.1, 0.15) is 27.7 Å². The van der Waals surface area contributed by atoms with Crippen molar-refractivity contribution in [2.75, 3.05) is 0 Å². The fraction of sp³-hybridized carbons (Fsp3) is 0.194. The van der Waals surface area contributed by atoms with Gasteiger partial charge in [0.1, 0.15) is 0 Å². The van der Waals surface area contributed by atoms with E-state index in [-0.39, 0.29) is 5.56 Å². The maximum atomic E-state index is 13.9. The summed E-state index contributed by atoms with van der Waals surface area (Å²) >= 11 is 0. The third-order valence-electron chi connectivity index (χ3n) is 8.19. The average Bonchev–Trinajstić information content (AvgIpc) is 3.32. The third kappa shape index (κ3) is 2.87. The zero-order valence-electron chi connectivity index (χ0n) is 20.8. The van der Waals surface area contributed by atoms with Gasteiger partial charge < -0.3 is 9.31 Å². The van der Waals surface area contributed by atoms with Crippen LogP contribution in [0.5, 0.6) is 0 Å². The normalized spacial score (nSPS) is 17.2. The molecule has 0 atom stereocenters.